The van der Waals surface area contributed by atoms with Crippen LogP contribution in [0.3, 0.4) is 0 Å². The van der Waals surface area contributed by atoms with Crippen LogP contribution >= 0.6 is 23.7 Å². The highest BCUT2D eigenvalue weighted by atomic mass is 35.5. The first-order chi connectivity index (χ1) is 15.4. The standard InChI is InChI=1S/C25H23F2N3OS.ClH/c1-29(2)13-14-30(25-28-23-20(27)15-19(26)16-21(23)32-25)24(31)22(17-9-5-3-6-10-17)18-11-7-4-8-12-18;/h3-12,15-16,22H,13-14H2,1-2H3;1H. The molecule has 1 heterocycles. The topological polar surface area (TPSA) is 36.4 Å². The Morgan fingerprint density at radius 1 is 0.939 bits per heavy atom. The molecule has 8 heteroatoms. The number of thiazole rings is 1. The fourth-order valence-corrected chi connectivity index (χ4v) is 4.62. The Morgan fingerprint density at radius 3 is 2.06 bits per heavy atom. The van der Waals surface area contributed by atoms with E-state index in [9.17, 15) is 13.6 Å². The van der Waals surface area contributed by atoms with Crippen LogP contribution in [-0.4, -0.2) is 43.0 Å². The van der Waals surface area contributed by atoms with Gasteiger partial charge >= 0.3 is 0 Å². The molecule has 0 saturated carbocycles. The van der Waals surface area contributed by atoms with Crippen molar-refractivity contribution in [1.29, 1.82) is 0 Å². The number of carbonyl (C=O) groups excluding carboxylic acids is 1. The summed E-state index contributed by atoms with van der Waals surface area (Å²) in [6, 6.07) is 21.2. The Morgan fingerprint density at radius 2 is 1.52 bits per heavy atom. The second kappa shape index (κ2) is 10.8. The number of carbonyl (C=O) groups is 1. The Hall–Kier alpha value is -2.87. The molecule has 4 nitrogen and oxygen atoms in total. The average Bonchev–Trinajstić information content (AvgIpc) is 3.19. The summed E-state index contributed by atoms with van der Waals surface area (Å²) in [6.07, 6.45) is 0. The average molecular weight is 488 g/mol. The maximum Gasteiger partial charge on any atom is 0.240 e. The monoisotopic (exact) mass is 487 g/mol. The zero-order valence-corrected chi connectivity index (χ0v) is 19.9. The van der Waals surface area contributed by atoms with Gasteiger partial charge in [0.15, 0.2) is 10.9 Å². The van der Waals surface area contributed by atoms with Crippen LogP contribution in [0, 0.1) is 11.6 Å². The largest absolute Gasteiger partial charge is 0.308 e. The van der Waals surface area contributed by atoms with Gasteiger partial charge in [0.1, 0.15) is 11.3 Å². The van der Waals surface area contributed by atoms with Crippen molar-refractivity contribution in [2.45, 2.75) is 5.92 Å². The smallest absolute Gasteiger partial charge is 0.240 e. The summed E-state index contributed by atoms with van der Waals surface area (Å²) < 4.78 is 28.4. The summed E-state index contributed by atoms with van der Waals surface area (Å²) >= 11 is 1.12. The molecule has 1 aromatic heterocycles. The number of aromatic nitrogens is 1. The van der Waals surface area contributed by atoms with E-state index in [4.69, 9.17) is 0 Å². The third kappa shape index (κ3) is 5.55. The summed E-state index contributed by atoms with van der Waals surface area (Å²) in [5.41, 5.74) is 1.79. The number of hydrogen-bond donors (Lipinski definition) is 0. The Kier molecular flexibility index (Phi) is 8.13. The van der Waals surface area contributed by atoms with Crippen molar-refractivity contribution in [1.82, 2.24) is 9.88 Å². The van der Waals surface area contributed by atoms with Gasteiger partial charge in [-0.05, 0) is 31.3 Å². The summed E-state index contributed by atoms with van der Waals surface area (Å²) in [4.78, 5) is 21.9. The lowest BCUT2D eigenvalue weighted by molar-refractivity contribution is -0.119. The van der Waals surface area contributed by atoms with Gasteiger partial charge in [0.2, 0.25) is 5.91 Å². The molecule has 0 saturated heterocycles. The number of benzene rings is 3. The van der Waals surface area contributed by atoms with E-state index in [-0.39, 0.29) is 23.8 Å². The van der Waals surface area contributed by atoms with Crippen LogP contribution in [0.5, 0.6) is 0 Å². The molecule has 0 bridgehead atoms. The quantitative estimate of drug-likeness (QED) is 0.334. The molecule has 172 valence electrons. The highest BCUT2D eigenvalue weighted by Gasteiger charge is 2.30. The lowest BCUT2D eigenvalue weighted by atomic mass is 9.90. The molecule has 0 aliphatic heterocycles. The van der Waals surface area contributed by atoms with E-state index in [1.165, 1.54) is 6.07 Å². The molecule has 0 fully saturated rings. The lowest BCUT2D eigenvalue weighted by Gasteiger charge is -2.27. The number of rotatable bonds is 7. The van der Waals surface area contributed by atoms with Gasteiger partial charge < -0.3 is 4.90 Å². The van der Waals surface area contributed by atoms with Crippen LogP contribution in [0.25, 0.3) is 10.2 Å². The molecule has 33 heavy (non-hydrogen) atoms. The van der Waals surface area contributed by atoms with Gasteiger partial charge in [-0.2, -0.15) is 0 Å². The number of nitrogens with zero attached hydrogens (tertiary/aromatic N) is 3. The van der Waals surface area contributed by atoms with E-state index in [1.807, 2.05) is 79.7 Å². The van der Waals surface area contributed by atoms with Crippen LogP contribution in [0.15, 0.2) is 72.8 Å². The molecule has 0 atom stereocenters. The minimum atomic E-state index is -0.731. The van der Waals surface area contributed by atoms with Crippen LogP contribution in [0.1, 0.15) is 17.0 Å². The first-order valence-corrected chi connectivity index (χ1v) is 11.1. The van der Waals surface area contributed by atoms with Gasteiger partial charge in [-0.3, -0.25) is 9.69 Å². The van der Waals surface area contributed by atoms with Crippen molar-refractivity contribution in [3.8, 4) is 0 Å². The van der Waals surface area contributed by atoms with Crippen LogP contribution < -0.4 is 4.90 Å². The fourth-order valence-electron chi connectivity index (χ4n) is 3.59. The van der Waals surface area contributed by atoms with E-state index in [2.05, 4.69) is 4.98 Å². The zero-order valence-electron chi connectivity index (χ0n) is 18.2. The van der Waals surface area contributed by atoms with Gasteiger partial charge in [-0.15, -0.1) is 12.4 Å². The molecule has 0 spiro atoms. The highest BCUT2D eigenvalue weighted by molar-refractivity contribution is 7.22. The van der Waals surface area contributed by atoms with Crippen molar-refractivity contribution >= 4 is 45.0 Å². The molecular formula is C25H24ClF2N3OS. The number of fused-ring (bicyclic) bond motifs is 1. The number of hydrogen-bond acceptors (Lipinski definition) is 4. The van der Waals surface area contributed by atoms with E-state index in [1.54, 1.807) is 4.90 Å². The summed E-state index contributed by atoms with van der Waals surface area (Å²) in [5.74, 6) is -2.11. The third-order valence-corrected chi connectivity index (χ3v) is 6.21. The summed E-state index contributed by atoms with van der Waals surface area (Å²) in [6.45, 7) is 0.959. The Labute approximate surface area is 201 Å². The molecule has 1 amide bonds. The summed E-state index contributed by atoms with van der Waals surface area (Å²) in [7, 11) is 3.84. The maximum atomic E-state index is 14.3. The predicted octanol–water partition coefficient (Wildman–Crippen LogP) is 5.72. The van der Waals surface area contributed by atoms with Crippen molar-refractivity contribution in [2.75, 3.05) is 32.1 Å². The lowest BCUT2D eigenvalue weighted by Crippen LogP contribution is -2.40. The van der Waals surface area contributed by atoms with Crippen LogP contribution in [0.4, 0.5) is 13.9 Å². The molecule has 0 aliphatic rings. The van der Waals surface area contributed by atoms with Crippen molar-refractivity contribution < 1.29 is 13.6 Å². The second-order valence-corrected chi connectivity index (χ2v) is 8.79. The normalized spacial score (nSPS) is 11.1. The number of likely N-dealkylation sites (N-methyl/N-ethyl adjacent to an activating group) is 1. The SMILES string of the molecule is CN(C)CCN(C(=O)C(c1ccccc1)c1ccccc1)c1nc2c(F)cc(F)cc2s1.Cl. The molecule has 0 radical (unpaired) electrons. The van der Waals surface area contributed by atoms with Gasteiger partial charge in [0, 0.05) is 19.2 Å². The molecule has 4 rings (SSSR count). The van der Waals surface area contributed by atoms with Crippen LogP contribution in [0.2, 0.25) is 0 Å². The fraction of sp³-hybridized carbons (Fsp3) is 0.200. The number of anilines is 1. The molecule has 0 N–H and O–H groups in total. The van der Waals surface area contributed by atoms with Gasteiger partial charge in [0.25, 0.3) is 0 Å². The number of halogens is 3. The number of amides is 1. The van der Waals surface area contributed by atoms with Crippen LogP contribution in [-0.2, 0) is 4.79 Å². The predicted molar refractivity (Wildman–Crippen MR) is 132 cm³/mol. The minimum Gasteiger partial charge on any atom is -0.308 e. The molecule has 0 aliphatic carbocycles. The zero-order chi connectivity index (χ0) is 22.7. The van der Waals surface area contributed by atoms with Crippen molar-refractivity contribution in [2.24, 2.45) is 0 Å². The first kappa shape index (κ1) is 24.8. The van der Waals surface area contributed by atoms with Gasteiger partial charge in [-0.1, -0.05) is 72.0 Å². The molecular weight excluding hydrogens is 464 g/mol. The molecule has 4 aromatic rings. The van der Waals surface area contributed by atoms with Gasteiger partial charge in [-0.25, -0.2) is 13.8 Å². The maximum absolute atomic E-state index is 14.3. The first-order valence-electron chi connectivity index (χ1n) is 10.3. The second-order valence-electron chi connectivity index (χ2n) is 7.78. The van der Waals surface area contributed by atoms with E-state index in [0.717, 1.165) is 28.5 Å². The minimum absolute atomic E-state index is 0. The van der Waals surface area contributed by atoms with Crippen molar-refractivity contribution in [3.05, 3.63) is 95.6 Å². The molecule has 0 unspecified atom stereocenters. The van der Waals surface area contributed by atoms with Gasteiger partial charge in [0.05, 0.1) is 10.6 Å². The van der Waals surface area contributed by atoms with E-state index in [0.29, 0.717) is 22.9 Å². The van der Waals surface area contributed by atoms with Crippen molar-refractivity contribution in [3.63, 3.8) is 0 Å². The summed E-state index contributed by atoms with van der Waals surface area (Å²) in [5, 5.41) is 0.355. The molecule has 3 aromatic carbocycles. The van der Waals surface area contributed by atoms with E-state index < -0.39 is 17.6 Å². The highest BCUT2D eigenvalue weighted by Crippen LogP contribution is 2.34. The van der Waals surface area contributed by atoms with E-state index >= 15 is 0 Å². The Balaban J connectivity index is 0.00000306. The third-order valence-electron chi connectivity index (χ3n) is 5.18. The Bertz CT molecular complexity index is 1180.